The van der Waals surface area contributed by atoms with Gasteiger partial charge in [-0.1, -0.05) is 35.5 Å². The van der Waals surface area contributed by atoms with E-state index in [1.807, 2.05) is 12.1 Å². The van der Waals surface area contributed by atoms with Gasteiger partial charge in [0.15, 0.2) is 0 Å². The van der Waals surface area contributed by atoms with Gasteiger partial charge in [-0.2, -0.15) is 0 Å². The maximum Gasteiger partial charge on any atom is 0.0133 e. The lowest BCUT2D eigenvalue weighted by Gasteiger charge is -2.02. The summed E-state index contributed by atoms with van der Waals surface area (Å²) in [5.74, 6) is 0. The second-order valence-electron chi connectivity index (χ2n) is 3.41. The summed E-state index contributed by atoms with van der Waals surface area (Å²) in [6.07, 6.45) is 0. The third-order valence-electron chi connectivity index (χ3n) is 2.07. The highest BCUT2D eigenvalue weighted by atomic mass is 32.2. The zero-order valence-corrected chi connectivity index (χ0v) is 10.2. The van der Waals surface area contributed by atoms with Crippen molar-refractivity contribution in [3.05, 3.63) is 54.1 Å². The summed E-state index contributed by atoms with van der Waals surface area (Å²) in [6.45, 7) is 2.10. The molecule has 0 aliphatic rings. The van der Waals surface area contributed by atoms with E-state index in [0.717, 1.165) is 4.90 Å². The highest BCUT2D eigenvalue weighted by Gasteiger charge is 1.97. The second kappa shape index (κ2) is 4.77. The van der Waals surface area contributed by atoms with Crippen LogP contribution in [0.3, 0.4) is 0 Å². The summed E-state index contributed by atoms with van der Waals surface area (Å²) < 4.78 is 0. The monoisotopic (exact) mass is 232 g/mol. The van der Waals surface area contributed by atoms with Gasteiger partial charge in [-0.25, -0.2) is 0 Å². The van der Waals surface area contributed by atoms with Crippen LogP contribution < -0.4 is 0 Å². The van der Waals surface area contributed by atoms with Crippen molar-refractivity contribution in [3.63, 3.8) is 0 Å². The fraction of sp³-hybridized carbons (Fsp3) is 0.0769. The molecule has 0 fully saturated rings. The molecular formula is C13H12S2. The van der Waals surface area contributed by atoms with E-state index in [1.165, 1.54) is 15.4 Å². The molecule has 76 valence electrons. The van der Waals surface area contributed by atoms with Gasteiger partial charge in [-0.05, 0) is 37.3 Å². The predicted molar refractivity (Wildman–Crippen MR) is 69.0 cm³/mol. The number of hydrogen-bond acceptors (Lipinski definition) is 2. The Kier molecular flexibility index (Phi) is 3.39. The molecule has 0 aromatic heterocycles. The second-order valence-corrected chi connectivity index (χ2v) is 5.08. The van der Waals surface area contributed by atoms with Crippen molar-refractivity contribution in [1.82, 2.24) is 0 Å². The van der Waals surface area contributed by atoms with Crippen LogP contribution in [0.5, 0.6) is 0 Å². The van der Waals surface area contributed by atoms with Crippen molar-refractivity contribution in [2.75, 3.05) is 0 Å². The average molecular weight is 232 g/mol. The highest BCUT2D eigenvalue weighted by Crippen LogP contribution is 2.28. The Bertz CT molecular complexity index is 446. The number of rotatable bonds is 2. The van der Waals surface area contributed by atoms with E-state index in [4.69, 9.17) is 0 Å². The van der Waals surface area contributed by atoms with Gasteiger partial charge in [0.05, 0.1) is 0 Å². The van der Waals surface area contributed by atoms with E-state index >= 15 is 0 Å². The quantitative estimate of drug-likeness (QED) is 0.747. The fourth-order valence-corrected chi connectivity index (χ4v) is 2.48. The van der Waals surface area contributed by atoms with Gasteiger partial charge in [-0.3, -0.25) is 0 Å². The molecule has 0 heterocycles. The molecular weight excluding hydrogens is 220 g/mol. The van der Waals surface area contributed by atoms with Crippen molar-refractivity contribution in [1.29, 1.82) is 0 Å². The summed E-state index contributed by atoms with van der Waals surface area (Å²) in [7, 11) is 0. The van der Waals surface area contributed by atoms with Crippen LogP contribution in [0.25, 0.3) is 0 Å². The topological polar surface area (TPSA) is 0 Å². The first-order valence-corrected chi connectivity index (χ1v) is 6.04. The minimum atomic E-state index is 1.01. The molecule has 2 heteroatoms. The highest BCUT2D eigenvalue weighted by molar-refractivity contribution is 7.99. The van der Waals surface area contributed by atoms with Gasteiger partial charge < -0.3 is 0 Å². The molecule has 2 rings (SSSR count). The van der Waals surface area contributed by atoms with Crippen molar-refractivity contribution in [2.24, 2.45) is 0 Å². The normalized spacial score (nSPS) is 10.3. The molecule has 0 saturated heterocycles. The molecule has 0 spiro atoms. The standard InChI is InChI=1S/C13H12S2/c1-10-5-7-12(8-6-10)15-13-4-2-3-11(14)9-13/h2-9,14H,1H3. The van der Waals surface area contributed by atoms with Crippen LogP contribution in [0, 0.1) is 6.92 Å². The van der Waals surface area contributed by atoms with E-state index in [9.17, 15) is 0 Å². The molecule has 0 unspecified atom stereocenters. The first-order valence-electron chi connectivity index (χ1n) is 4.77. The Labute approximate surface area is 100 Å². The van der Waals surface area contributed by atoms with Gasteiger partial charge in [0.1, 0.15) is 0 Å². The summed E-state index contributed by atoms with van der Waals surface area (Å²) in [5.41, 5.74) is 1.29. The summed E-state index contributed by atoms with van der Waals surface area (Å²) in [4.78, 5) is 3.50. The third-order valence-corrected chi connectivity index (χ3v) is 3.35. The van der Waals surface area contributed by atoms with Crippen molar-refractivity contribution in [2.45, 2.75) is 21.6 Å². The molecule has 0 atom stereocenters. The Balaban J connectivity index is 2.18. The largest absolute Gasteiger partial charge is 0.143 e. The average Bonchev–Trinajstić information content (AvgIpc) is 2.22. The fourth-order valence-electron chi connectivity index (χ4n) is 1.29. The van der Waals surface area contributed by atoms with Gasteiger partial charge in [0, 0.05) is 14.7 Å². The zero-order valence-electron chi connectivity index (χ0n) is 8.47. The summed E-state index contributed by atoms with van der Waals surface area (Å²) in [6, 6.07) is 16.7. The van der Waals surface area contributed by atoms with Crippen molar-refractivity contribution in [3.8, 4) is 0 Å². The molecule has 0 aliphatic heterocycles. The predicted octanol–water partition coefficient (Wildman–Crippen LogP) is 4.43. The molecule has 15 heavy (non-hydrogen) atoms. The maximum absolute atomic E-state index is 4.32. The number of benzene rings is 2. The third kappa shape index (κ3) is 3.05. The molecule has 0 bridgehead atoms. The minimum absolute atomic E-state index is 1.01. The molecule has 0 aliphatic carbocycles. The molecule has 0 N–H and O–H groups in total. The smallest absolute Gasteiger partial charge is 0.0133 e. The SMILES string of the molecule is Cc1ccc(Sc2cccc(S)c2)cc1. The van der Waals surface area contributed by atoms with Crippen LogP contribution in [0.1, 0.15) is 5.56 Å². The zero-order chi connectivity index (χ0) is 10.7. The molecule has 2 aromatic rings. The number of thiol groups is 1. The Morgan fingerprint density at radius 3 is 2.33 bits per heavy atom. The van der Waals surface area contributed by atoms with E-state index in [0.29, 0.717) is 0 Å². The van der Waals surface area contributed by atoms with Crippen LogP contribution >= 0.6 is 24.4 Å². The number of hydrogen-bond donors (Lipinski definition) is 1. The molecule has 0 amide bonds. The minimum Gasteiger partial charge on any atom is -0.143 e. The van der Waals surface area contributed by atoms with Gasteiger partial charge in [-0.15, -0.1) is 12.6 Å². The van der Waals surface area contributed by atoms with Crippen LogP contribution in [0.4, 0.5) is 0 Å². The van der Waals surface area contributed by atoms with Crippen molar-refractivity contribution < 1.29 is 0 Å². The lowest BCUT2D eigenvalue weighted by Crippen LogP contribution is -1.75. The van der Waals surface area contributed by atoms with Crippen LogP contribution in [-0.2, 0) is 0 Å². The van der Waals surface area contributed by atoms with Crippen LogP contribution in [0.2, 0.25) is 0 Å². The van der Waals surface area contributed by atoms with Gasteiger partial charge >= 0.3 is 0 Å². The van der Waals surface area contributed by atoms with E-state index < -0.39 is 0 Å². The Morgan fingerprint density at radius 2 is 1.67 bits per heavy atom. The molecule has 0 saturated carbocycles. The maximum atomic E-state index is 4.32. The van der Waals surface area contributed by atoms with E-state index in [-0.39, 0.29) is 0 Å². The van der Waals surface area contributed by atoms with E-state index in [2.05, 4.69) is 56.0 Å². The number of aryl methyl sites for hydroxylation is 1. The molecule has 0 nitrogen and oxygen atoms in total. The first kappa shape index (κ1) is 10.7. The Morgan fingerprint density at radius 1 is 0.933 bits per heavy atom. The Hall–Kier alpha value is -0.860. The first-order chi connectivity index (χ1) is 7.24. The van der Waals surface area contributed by atoms with Gasteiger partial charge in [0.2, 0.25) is 0 Å². The summed E-state index contributed by atoms with van der Waals surface area (Å²) >= 11 is 6.09. The van der Waals surface area contributed by atoms with Crippen LogP contribution in [-0.4, -0.2) is 0 Å². The van der Waals surface area contributed by atoms with Crippen molar-refractivity contribution >= 4 is 24.4 Å². The van der Waals surface area contributed by atoms with Crippen LogP contribution in [0.15, 0.2) is 63.2 Å². The molecule has 0 radical (unpaired) electrons. The van der Waals surface area contributed by atoms with Gasteiger partial charge in [0.25, 0.3) is 0 Å². The van der Waals surface area contributed by atoms with E-state index in [1.54, 1.807) is 11.8 Å². The summed E-state index contributed by atoms with van der Waals surface area (Å²) in [5, 5.41) is 0. The lowest BCUT2D eigenvalue weighted by atomic mass is 10.2. The molecule has 2 aromatic carbocycles. The lowest BCUT2D eigenvalue weighted by molar-refractivity contribution is 1.32.